The molecular weight excluding hydrogens is 464 g/mol. The van der Waals surface area contributed by atoms with Gasteiger partial charge in [-0.25, -0.2) is 4.98 Å². The molecule has 0 aliphatic carbocycles. The number of H-pyrrole nitrogens is 1. The van der Waals surface area contributed by atoms with Crippen LogP contribution >= 0.6 is 24.4 Å². The third-order valence-corrected chi connectivity index (χ3v) is 7.47. The number of hydrogen-bond acceptors (Lipinski definition) is 6. The van der Waals surface area contributed by atoms with Gasteiger partial charge in [0.25, 0.3) is 0 Å². The second-order valence-corrected chi connectivity index (χ2v) is 9.93. The summed E-state index contributed by atoms with van der Waals surface area (Å²) >= 11 is 11.7. The first-order valence-corrected chi connectivity index (χ1v) is 12.8. The first-order chi connectivity index (χ1) is 16.2. The Morgan fingerprint density at radius 3 is 2.53 bits per heavy atom. The monoisotopic (exact) mass is 498 g/mol. The average Bonchev–Trinajstić information content (AvgIpc) is 3.13. The molecule has 7 nitrogen and oxygen atoms in total. The lowest BCUT2D eigenvalue weighted by Crippen LogP contribution is -2.56. The number of hydrogen-bond donors (Lipinski definition) is 1. The van der Waals surface area contributed by atoms with Crippen LogP contribution in [0, 0.1) is 4.64 Å². The maximum atomic E-state index is 5.98. The number of aryl methyl sites for hydroxylation is 2. The lowest BCUT2D eigenvalue weighted by molar-refractivity contribution is 0.100. The molecule has 2 atom stereocenters. The number of ether oxygens (including phenoxy) is 1. The predicted molar refractivity (Wildman–Crippen MR) is 144 cm³/mol. The van der Waals surface area contributed by atoms with Crippen LogP contribution in [0.25, 0.3) is 22.4 Å². The molecule has 0 bridgehead atoms. The summed E-state index contributed by atoms with van der Waals surface area (Å²) in [5, 5.41) is 4.68. The maximum Gasteiger partial charge on any atom is 0.156 e. The van der Waals surface area contributed by atoms with Crippen molar-refractivity contribution in [2.45, 2.75) is 52.6 Å². The Hall–Kier alpha value is -2.36. The number of fused-ring (bicyclic) bond motifs is 1. The number of likely N-dealkylation sites (N-methyl/N-ethyl adjacent to an activating group) is 1. The van der Waals surface area contributed by atoms with Crippen LogP contribution in [-0.2, 0) is 13.5 Å². The van der Waals surface area contributed by atoms with Crippen molar-refractivity contribution in [3.63, 3.8) is 0 Å². The Bertz CT molecular complexity index is 1250. The Balaban J connectivity index is 1.79. The van der Waals surface area contributed by atoms with E-state index in [1.165, 1.54) is 0 Å². The van der Waals surface area contributed by atoms with E-state index in [2.05, 4.69) is 53.8 Å². The van der Waals surface area contributed by atoms with E-state index in [1.807, 2.05) is 30.8 Å². The van der Waals surface area contributed by atoms with Gasteiger partial charge in [0.15, 0.2) is 4.64 Å². The number of nitrogens with one attached hydrogen (secondary N) is 1. The third kappa shape index (κ3) is 4.61. The zero-order valence-corrected chi connectivity index (χ0v) is 22.5. The number of benzene rings is 1. The van der Waals surface area contributed by atoms with Crippen LogP contribution in [0.2, 0.25) is 0 Å². The van der Waals surface area contributed by atoms with Crippen LogP contribution in [0.1, 0.15) is 45.4 Å². The van der Waals surface area contributed by atoms with Gasteiger partial charge in [-0.15, -0.1) is 0 Å². The fourth-order valence-corrected chi connectivity index (χ4v) is 5.28. The smallest absolute Gasteiger partial charge is 0.156 e. The molecule has 34 heavy (non-hydrogen) atoms. The number of rotatable bonds is 6. The Morgan fingerprint density at radius 1 is 1.18 bits per heavy atom. The van der Waals surface area contributed by atoms with Crippen molar-refractivity contribution in [2.75, 3.05) is 26.7 Å². The van der Waals surface area contributed by atoms with Gasteiger partial charge in [0.1, 0.15) is 22.1 Å². The summed E-state index contributed by atoms with van der Waals surface area (Å²) in [4.78, 5) is 13.8. The molecule has 3 aromatic rings. The van der Waals surface area contributed by atoms with Gasteiger partial charge in [-0.3, -0.25) is 9.58 Å². The van der Waals surface area contributed by atoms with Crippen molar-refractivity contribution in [3.8, 4) is 17.1 Å². The molecule has 1 N–H and O–H groups in total. The summed E-state index contributed by atoms with van der Waals surface area (Å²) < 4.78 is 8.32. The van der Waals surface area contributed by atoms with Gasteiger partial charge < -0.3 is 14.6 Å². The Labute approximate surface area is 212 Å². The van der Waals surface area contributed by atoms with Crippen molar-refractivity contribution in [1.29, 1.82) is 0 Å². The maximum absolute atomic E-state index is 5.98. The summed E-state index contributed by atoms with van der Waals surface area (Å²) in [6.45, 7) is 11.0. The number of nitrogens with zero attached hydrogens (tertiary/aromatic N) is 5. The van der Waals surface area contributed by atoms with E-state index in [4.69, 9.17) is 34.2 Å². The number of aromatic amines is 1. The minimum absolute atomic E-state index is 0.437. The normalized spacial score (nSPS) is 19.1. The highest BCUT2D eigenvalue weighted by Gasteiger charge is 2.28. The average molecular weight is 499 g/mol. The minimum Gasteiger partial charge on any atom is -0.493 e. The molecule has 2 unspecified atom stereocenters. The third-order valence-electron chi connectivity index (χ3n) is 6.69. The summed E-state index contributed by atoms with van der Waals surface area (Å²) in [5.74, 6) is 1.43. The molecule has 0 amide bonds. The highest BCUT2D eigenvalue weighted by molar-refractivity contribution is 7.80. The zero-order valence-electron chi connectivity index (χ0n) is 20.9. The molecule has 1 aliphatic heterocycles. The van der Waals surface area contributed by atoms with Crippen molar-refractivity contribution in [2.24, 2.45) is 7.05 Å². The fourth-order valence-electron chi connectivity index (χ4n) is 4.68. The molecule has 1 fully saturated rings. The van der Waals surface area contributed by atoms with Crippen molar-refractivity contribution >= 4 is 40.5 Å². The first kappa shape index (κ1) is 24.8. The van der Waals surface area contributed by atoms with Crippen molar-refractivity contribution in [3.05, 3.63) is 34.1 Å². The van der Waals surface area contributed by atoms with Gasteiger partial charge in [0.2, 0.25) is 0 Å². The molecule has 0 radical (unpaired) electrons. The number of piperazine rings is 1. The van der Waals surface area contributed by atoms with E-state index in [-0.39, 0.29) is 0 Å². The topological polar surface area (TPSA) is 62.2 Å². The standard InChI is InChI=1S/C25H34N6OS2/c1-7-9-19-21-22(30(6)28-19)24(33)27-23(26-21)18-12-17(10-11-20(18)32-8-2)25(34)31-13-15(3)29(5)16(4)14-31/h10-12,15-16H,7-9,13-14H2,1-6H3,(H,26,27,33). The van der Waals surface area contributed by atoms with E-state index >= 15 is 0 Å². The summed E-state index contributed by atoms with van der Waals surface area (Å²) in [5.41, 5.74) is 4.64. The van der Waals surface area contributed by atoms with E-state index in [0.717, 1.165) is 64.5 Å². The predicted octanol–water partition coefficient (Wildman–Crippen LogP) is 4.74. The lowest BCUT2D eigenvalue weighted by Gasteiger charge is -2.43. The highest BCUT2D eigenvalue weighted by atomic mass is 32.1. The highest BCUT2D eigenvalue weighted by Crippen LogP contribution is 2.32. The summed E-state index contributed by atoms with van der Waals surface area (Å²) in [6.07, 6.45) is 1.87. The Kier molecular flexibility index (Phi) is 7.35. The molecule has 0 spiro atoms. The van der Waals surface area contributed by atoms with E-state index in [1.54, 1.807) is 0 Å². The van der Waals surface area contributed by atoms with Gasteiger partial charge in [-0.2, -0.15) is 5.10 Å². The number of thiocarbonyl (C=S) groups is 1. The van der Waals surface area contributed by atoms with Crippen LogP contribution in [0.3, 0.4) is 0 Å². The van der Waals surface area contributed by atoms with Crippen molar-refractivity contribution in [1.82, 2.24) is 29.5 Å². The summed E-state index contributed by atoms with van der Waals surface area (Å²) in [7, 11) is 4.09. The van der Waals surface area contributed by atoms with E-state index < -0.39 is 0 Å². The molecule has 1 aromatic carbocycles. The molecule has 4 rings (SSSR count). The van der Waals surface area contributed by atoms with E-state index in [0.29, 0.717) is 29.2 Å². The number of aromatic nitrogens is 4. The van der Waals surface area contributed by atoms with Crippen LogP contribution < -0.4 is 4.74 Å². The zero-order chi connectivity index (χ0) is 24.6. The van der Waals surface area contributed by atoms with Crippen molar-refractivity contribution < 1.29 is 4.74 Å². The molecule has 9 heteroatoms. The quantitative estimate of drug-likeness (QED) is 0.492. The van der Waals surface area contributed by atoms with Crippen LogP contribution in [0.15, 0.2) is 18.2 Å². The molecule has 2 aromatic heterocycles. The van der Waals surface area contributed by atoms with Crippen LogP contribution in [0.5, 0.6) is 5.75 Å². The SMILES string of the molecule is CCCc1nn(C)c2c(=S)nc(-c3cc(C(=S)N4CC(C)N(C)C(C)C4)ccc3OCC)[nH]c12. The second kappa shape index (κ2) is 10.1. The van der Waals surface area contributed by atoms with Gasteiger partial charge in [-0.1, -0.05) is 37.8 Å². The molecule has 1 saturated heterocycles. The molecule has 0 saturated carbocycles. The van der Waals surface area contributed by atoms with E-state index in [9.17, 15) is 0 Å². The first-order valence-electron chi connectivity index (χ1n) is 12.0. The minimum atomic E-state index is 0.437. The molecule has 3 heterocycles. The van der Waals surface area contributed by atoms with Gasteiger partial charge >= 0.3 is 0 Å². The second-order valence-electron chi connectivity index (χ2n) is 9.15. The van der Waals surface area contributed by atoms with Gasteiger partial charge in [0, 0.05) is 37.8 Å². The largest absolute Gasteiger partial charge is 0.493 e. The molecule has 1 aliphatic rings. The van der Waals surface area contributed by atoms with Gasteiger partial charge in [0.05, 0.1) is 23.4 Å². The molecular formula is C25H34N6OS2. The van der Waals surface area contributed by atoms with Crippen LogP contribution in [0.4, 0.5) is 0 Å². The Morgan fingerprint density at radius 2 is 1.88 bits per heavy atom. The lowest BCUT2D eigenvalue weighted by atomic mass is 10.1. The fraction of sp³-hybridized carbons (Fsp3) is 0.520. The summed E-state index contributed by atoms with van der Waals surface area (Å²) in [6, 6.07) is 6.99. The van der Waals surface area contributed by atoms with Gasteiger partial charge in [-0.05, 0) is 52.4 Å². The van der Waals surface area contributed by atoms with Crippen LogP contribution in [-0.4, -0.2) is 73.4 Å². The molecule has 182 valence electrons.